The number of amides is 1. The van der Waals surface area contributed by atoms with Gasteiger partial charge in [-0.05, 0) is 35.7 Å². The van der Waals surface area contributed by atoms with E-state index in [9.17, 15) is 18.0 Å². The Labute approximate surface area is 161 Å². The molecule has 146 valence electrons. The lowest BCUT2D eigenvalue weighted by Crippen LogP contribution is -2.27. The molecule has 0 spiro atoms. The highest BCUT2D eigenvalue weighted by atomic mass is 19.4. The van der Waals surface area contributed by atoms with Crippen molar-refractivity contribution in [3.8, 4) is 5.69 Å². The number of carbonyl (C=O) groups is 1. The molecule has 0 fully saturated rings. The molecule has 0 radical (unpaired) electrons. The third-order valence-corrected chi connectivity index (χ3v) is 4.44. The Morgan fingerprint density at radius 2 is 1.75 bits per heavy atom. The first-order valence-corrected chi connectivity index (χ1v) is 8.82. The molecule has 0 saturated heterocycles. The molecule has 3 aromatic rings. The summed E-state index contributed by atoms with van der Waals surface area (Å²) in [6.07, 6.45) is -0.227. The van der Waals surface area contributed by atoms with Gasteiger partial charge < -0.3 is 4.90 Å². The fraction of sp³-hybridized carbons (Fsp3) is 0.238. The molecule has 0 N–H and O–H groups in total. The van der Waals surface area contributed by atoms with Gasteiger partial charge in [-0.1, -0.05) is 36.4 Å². The van der Waals surface area contributed by atoms with Crippen LogP contribution in [0.4, 0.5) is 13.2 Å². The summed E-state index contributed by atoms with van der Waals surface area (Å²) < 4.78 is 41.0. The summed E-state index contributed by atoms with van der Waals surface area (Å²) >= 11 is 0. The lowest BCUT2D eigenvalue weighted by atomic mass is 10.1. The number of hydrogen-bond donors (Lipinski definition) is 0. The Balaban J connectivity index is 1.59. The van der Waals surface area contributed by atoms with Crippen LogP contribution >= 0.6 is 0 Å². The molecule has 0 saturated carbocycles. The molecule has 0 atom stereocenters. The summed E-state index contributed by atoms with van der Waals surface area (Å²) in [6, 6.07) is 14.9. The molecule has 4 nitrogen and oxygen atoms in total. The predicted octanol–water partition coefficient (Wildman–Crippen LogP) is 4.48. The standard InChI is InChI=1S/C21H20F3N3O/c1-26(15-17-7-5-6-10-19(17)21(22,23)24)20(28)12-11-16-13-25-27(14-16)18-8-3-2-4-9-18/h2-10,13-14H,11-12,15H2,1H3. The normalized spacial score (nSPS) is 11.4. The number of aromatic nitrogens is 2. The van der Waals surface area contributed by atoms with Gasteiger partial charge >= 0.3 is 6.18 Å². The zero-order valence-corrected chi connectivity index (χ0v) is 15.4. The van der Waals surface area contributed by atoms with Crippen LogP contribution in [0.2, 0.25) is 0 Å². The minimum atomic E-state index is -4.44. The lowest BCUT2D eigenvalue weighted by molar-refractivity contribution is -0.139. The van der Waals surface area contributed by atoms with Crippen LogP contribution in [0.5, 0.6) is 0 Å². The minimum Gasteiger partial charge on any atom is -0.341 e. The molecular weight excluding hydrogens is 367 g/mol. The molecule has 0 unspecified atom stereocenters. The smallest absolute Gasteiger partial charge is 0.341 e. The van der Waals surface area contributed by atoms with Crippen LogP contribution in [0.3, 0.4) is 0 Å². The summed E-state index contributed by atoms with van der Waals surface area (Å²) in [5.41, 5.74) is 1.18. The molecule has 1 amide bonds. The number of alkyl halides is 3. The van der Waals surface area contributed by atoms with Crippen molar-refractivity contribution in [2.24, 2.45) is 0 Å². The van der Waals surface area contributed by atoms with Crippen LogP contribution in [0.25, 0.3) is 5.69 Å². The van der Waals surface area contributed by atoms with Crippen LogP contribution in [0.1, 0.15) is 23.1 Å². The number of nitrogens with zero attached hydrogens (tertiary/aromatic N) is 3. The predicted molar refractivity (Wildman–Crippen MR) is 99.8 cm³/mol. The van der Waals surface area contributed by atoms with Gasteiger partial charge in [0.05, 0.1) is 17.4 Å². The fourth-order valence-corrected chi connectivity index (χ4v) is 2.93. The average Bonchev–Trinajstić information content (AvgIpc) is 3.15. The van der Waals surface area contributed by atoms with Gasteiger partial charge in [0, 0.05) is 26.2 Å². The zero-order valence-electron chi connectivity index (χ0n) is 15.4. The number of rotatable bonds is 6. The van der Waals surface area contributed by atoms with Crippen molar-refractivity contribution in [3.63, 3.8) is 0 Å². The van der Waals surface area contributed by atoms with Gasteiger partial charge in [-0.2, -0.15) is 18.3 Å². The topological polar surface area (TPSA) is 38.1 Å². The number of hydrogen-bond acceptors (Lipinski definition) is 2. The molecule has 0 aliphatic heterocycles. The molecule has 0 aliphatic rings. The van der Waals surface area contributed by atoms with Gasteiger partial charge in [0.2, 0.25) is 5.91 Å². The molecule has 0 aliphatic carbocycles. The summed E-state index contributed by atoms with van der Waals surface area (Å²) in [6.45, 7) is -0.0855. The largest absolute Gasteiger partial charge is 0.416 e. The van der Waals surface area contributed by atoms with Crippen LogP contribution in [-0.4, -0.2) is 27.6 Å². The van der Waals surface area contributed by atoms with Crippen LogP contribution in [0.15, 0.2) is 67.0 Å². The van der Waals surface area contributed by atoms with Crippen LogP contribution < -0.4 is 0 Å². The highest BCUT2D eigenvalue weighted by Gasteiger charge is 2.33. The molecule has 0 bridgehead atoms. The van der Waals surface area contributed by atoms with Gasteiger partial charge in [-0.25, -0.2) is 4.68 Å². The lowest BCUT2D eigenvalue weighted by Gasteiger charge is -2.20. The van der Waals surface area contributed by atoms with Crippen molar-refractivity contribution < 1.29 is 18.0 Å². The summed E-state index contributed by atoms with van der Waals surface area (Å²) in [5, 5.41) is 4.28. The molecule has 2 aromatic carbocycles. The van der Waals surface area contributed by atoms with E-state index in [1.807, 2.05) is 36.5 Å². The molecule has 1 heterocycles. The van der Waals surface area contributed by atoms with Gasteiger partial charge in [-0.15, -0.1) is 0 Å². The minimum absolute atomic E-state index is 0.0855. The molecule has 28 heavy (non-hydrogen) atoms. The quantitative estimate of drug-likeness (QED) is 0.625. The van der Waals surface area contributed by atoms with Gasteiger partial charge in [0.1, 0.15) is 0 Å². The number of carbonyl (C=O) groups excluding carboxylic acids is 1. The highest BCUT2D eigenvalue weighted by molar-refractivity contribution is 5.76. The van der Waals surface area contributed by atoms with Crippen molar-refractivity contribution in [2.45, 2.75) is 25.6 Å². The Hall–Kier alpha value is -3.09. The Morgan fingerprint density at radius 1 is 1.07 bits per heavy atom. The van der Waals surface area contributed by atoms with E-state index >= 15 is 0 Å². The third-order valence-electron chi connectivity index (χ3n) is 4.44. The Bertz CT molecular complexity index is 935. The monoisotopic (exact) mass is 387 g/mol. The van der Waals surface area contributed by atoms with Crippen LogP contribution in [-0.2, 0) is 23.9 Å². The first-order chi connectivity index (χ1) is 13.3. The van der Waals surface area contributed by atoms with E-state index in [1.165, 1.54) is 24.1 Å². The molecule has 7 heteroatoms. The van der Waals surface area contributed by atoms with Gasteiger partial charge in [0.15, 0.2) is 0 Å². The number of para-hydroxylation sites is 1. The van der Waals surface area contributed by atoms with Crippen molar-refractivity contribution in [1.82, 2.24) is 14.7 Å². The van der Waals surface area contributed by atoms with Crippen molar-refractivity contribution >= 4 is 5.91 Å². The van der Waals surface area contributed by atoms with Crippen molar-refractivity contribution in [1.29, 1.82) is 0 Å². The first kappa shape index (κ1) is 19.7. The first-order valence-electron chi connectivity index (χ1n) is 8.82. The van der Waals surface area contributed by atoms with E-state index in [-0.39, 0.29) is 24.4 Å². The number of aryl methyl sites for hydroxylation is 1. The molecule has 3 rings (SSSR count). The second-order valence-corrected chi connectivity index (χ2v) is 6.53. The van der Waals surface area contributed by atoms with Gasteiger partial charge in [0.25, 0.3) is 0 Å². The van der Waals surface area contributed by atoms with E-state index in [2.05, 4.69) is 5.10 Å². The van der Waals surface area contributed by atoms with Crippen molar-refractivity contribution in [3.05, 3.63) is 83.7 Å². The maximum Gasteiger partial charge on any atom is 0.416 e. The maximum absolute atomic E-state index is 13.1. The molecule has 1 aromatic heterocycles. The van der Waals surface area contributed by atoms with E-state index in [1.54, 1.807) is 16.9 Å². The maximum atomic E-state index is 13.1. The van der Waals surface area contributed by atoms with E-state index in [0.717, 1.165) is 17.3 Å². The van der Waals surface area contributed by atoms with Gasteiger partial charge in [-0.3, -0.25) is 4.79 Å². The highest BCUT2D eigenvalue weighted by Crippen LogP contribution is 2.32. The van der Waals surface area contributed by atoms with E-state index in [0.29, 0.717) is 6.42 Å². The molecular formula is C21H20F3N3O. The zero-order chi connectivity index (χ0) is 20.1. The van der Waals surface area contributed by atoms with E-state index < -0.39 is 11.7 Å². The Kier molecular flexibility index (Phi) is 5.82. The third kappa shape index (κ3) is 4.79. The summed E-state index contributed by atoms with van der Waals surface area (Å²) in [7, 11) is 1.52. The second-order valence-electron chi connectivity index (χ2n) is 6.53. The van der Waals surface area contributed by atoms with E-state index in [4.69, 9.17) is 0 Å². The average molecular weight is 387 g/mol. The summed E-state index contributed by atoms with van der Waals surface area (Å²) in [4.78, 5) is 13.7. The second kappa shape index (κ2) is 8.29. The van der Waals surface area contributed by atoms with Crippen LogP contribution in [0, 0.1) is 0 Å². The Morgan fingerprint density at radius 3 is 2.46 bits per heavy atom. The SMILES string of the molecule is CN(Cc1ccccc1C(F)(F)F)C(=O)CCc1cnn(-c2ccccc2)c1. The van der Waals surface area contributed by atoms with Crippen molar-refractivity contribution in [2.75, 3.05) is 7.05 Å². The number of benzene rings is 2. The number of halogens is 3. The fourth-order valence-electron chi connectivity index (χ4n) is 2.93. The summed E-state index contributed by atoms with van der Waals surface area (Å²) in [5.74, 6) is -0.218.